The van der Waals surface area contributed by atoms with Crippen molar-refractivity contribution in [2.45, 2.75) is 39.5 Å². The van der Waals surface area contributed by atoms with Gasteiger partial charge in [0.2, 0.25) is 0 Å². The van der Waals surface area contributed by atoms with Gasteiger partial charge in [-0.25, -0.2) is 0 Å². The number of hydroxylamine groups is 2. The third-order valence-electron chi connectivity index (χ3n) is 3.72. The molecule has 0 radical (unpaired) electrons. The average molecular weight is 316 g/mol. The molecule has 1 aromatic heterocycles. The number of rotatable bonds is 5. The van der Waals surface area contributed by atoms with Gasteiger partial charge in [-0.3, -0.25) is 14.4 Å². The van der Waals surface area contributed by atoms with Gasteiger partial charge in [0, 0.05) is 5.39 Å². The van der Waals surface area contributed by atoms with Crippen LogP contribution in [0.2, 0.25) is 0 Å². The van der Waals surface area contributed by atoms with Crippen LogP contribution in [0.15, 0.2) is 30.3 Å². The molecule has 0 saturated carbocycles. The first-order chi connectivity index (χ1) is 11.0. The number of nitrogens with zero attached hydrogens (tertiary/aromatic N) is 2. The zero-order chi connectivity index (χ0) is 16.6. The summed E-state index contributed by atoms with van der Waals surface area (Å²) in [6.45, 7) is 5.77. The molecule has 0 spiro atoms. The lowest BCUT2D eigenvalue weighted by atomic mass is 10.2. The number of carbonyl (C=O) groups excluding carboxylic acids is 2. The van der Waals surface area contributed by atoms with Crippen LogP contribution in [0.4, 0.5) is 0 Å². The number of ether oxygens (including phenoxy) is 1. The molecule has 0 N–H and O–H groups in total. The molecule has 23 heavy (non-hydrogen) atoms. The fourth-order valence-corrected chi connectivity index (χ4v) is 2.90. The minimum atomic E-state index is -0.529. The SMILES string of the molecule is CCOC(=O)CC1N(OC(C)C)C(=O)c2cc3ccccc3n21. The molecule has 2 aromatic rings. The Morgan fingerprint density at radius 1 is 1.30 bits per heavy atom. The second kappa shape index (κ2) is 6.04. The fourth-order valence-electron chi connectivity index (χ4n) is 2.90. The lowest BCUT2D eigenvalue weighted by Gasteiger charge is -2.26. The summed E-state index contributed by atoms with van der Waals surface area (Å²) < 4.78 is 6.91. The van der Waals surface area contributed by atoms with Crippen molar-refractivity contribution >= 4 is 22.8 Å². The molecule has 6 heteroatoms. The molecule has 6 nitrogen and oxygen atoms in total. The van der Waals surface area contributed by atoms with E-state index in [1.54, 1.807) is 6.92 Å². The summed E-state index contributed by atoms with van der Waals surface area (Å²) in [7, 11) is 0. The number of benzene rings is 1. The van der Waals surface area contributed by atoms with E-state index in [2.05, 4.69) is 0 Å². The molecule has 0 bridgehead atoms. The lowest BCUT2D eigenvalue weighted by molar-refractivity contribution is -0.188. The van der Waals surface area contributed by atoms with Crippen LogP contribution in [-0.2, 0) is 14.4 Å². The van der Waals surface area contributed by atoms with Crippen molar-refractivity contribution in [3.8, 4) is 0 Å². The van der Waals surface area contributed by atoms with Crippen molar-refractivity contribution in [1.82, 2.24) is 9.63 Å². The van der Waals surface area contributed by atoms with Crippen LogP contribution in [0.1, 0.15) is 43.8 Å². The maximum absolute atomic E-state index is 12.7. The van der Waals surface area contributed by atoms with Gasteiger partial charge in [-0.05, 0) is 32.9 Å². The maximum atomic E-state index is 12.7. The van der Waals surface area contributed by atoms with Crippen molar-refractivity contribution in [2.24, 2.45) is 0 Å². The van der Waals surface area contributed by atoms with Crippen LogP contribution in [0.3, 0.4) is 0 Å². The molecular formula is C17H20N2O4. The van der Waals surface area contributed by atoms with Crippen molar-refractivity contribution in [3.05, 3.63) is 36.0 Å². The van der Waals surface area contributed by atoms with Gasteiger partial charge in [0.05, 0.1) is 24.6 Å². The van der Waals surface area contributed by atoms with Crippen molar-refractivity contribution in [3.63, 3.8) is 0 Å². The lowest BCUT2D eigenvalue weighted by Crippen LogP contribution is -2.34. The predicted octanol–water partition coefficient (Wildman–Crippen LogP) is 2.89. The minimum absolute atomic E-state index is 0.0535. The molecular weight excluding hydrogens is 296 g/mol. The molecule has 1 atom stereocenters. The molecule has 0 aliphatic carbocycles. The highest BCUT2D eigenvalue weighted by atomic mass is 16.7. The summed E-state index contributed by atoms with van der Waals surface area (Å²) in [4.78, 5) is 30.3. The molecule has 1 amide bonds. The van der Waals surface area contributed by atoms with Gasteiger partial charge < -0.3 is 9.30 Å². The number of para-hydroxylation sites is 1. The predicted molar refractivity (Wildman–Crippen MR) is 84.6 cm³/mol. The zero-order valence-electron chi connectivity index (χ0n) is 13.5. The summed E-state index contributed by atoms with van der Waals surface area (Å²) in [5.74, 6) is -0.586. The highest BCUT2D eigenvalue weighted by Crippen LogP contribution is 2.36. The zero-order valence-corrected chi connectivity index (χ0v) is 13.5. The van der Waals surface area contributed by atoms with Crippen molar-refractivity contribution < 1.29 is 19.2 Å². The molecule has 0 saturated heterocycles. The van der Waals surface area contributed by atoms with Gasteiger partial charge in [0.25, 0.3) is 5.91 Å². The Bertz CT molecular complexity index is 750. The Morgan fingerprint density at radius 3 is 2.74 bits per heavy atom. The Balaban J connectivity index is 2.04. The summed E-state index contributed by atoms with van der Waals surface area (Å²) in [5, 5.41) is 2.26. The molecule has 1 unspecified atom stereocenters. The van der Waals surface area contributed by atoms with E-state index in [9.17, 15) is 9.59 Å². The van der Waals surface area contributed by atoms with Gasteiger partial charge in [-0.2, -0.15) is 5.06 Å². The second-order valence-electron chi connectivity index (χ2n) is 5.73. The second-order valence-corrected chi connectivity index (χ2v) is 5.73. The van der Waals surface area contributed by atoms with E-state index < -0.39 is 6.17 Å². The third kappa shape index (κ3) is 2.70. The van der Waals surface area contributed by atoms with Crippen LogP contribution in [0.25, 0.3) is 10.9 Å². The molecule has 1 aromatic carbocycles. The monoisotopic (exact) mass is 316 g/mol. The summed E-state index contributed by atoms with van der Waals surface area (Å²) in [6, 6.07) is 9.55. The van der Waals surface area contributed by atoms with Gasteiger partial charge in [-0.1, -0.05) is 18.2 Å². The van der Waals surface area contributed by atoms with Crippen LogP contribution < -0.4 is 0 Å². The van der Waals surface area contributed by atoms with E-state index in [1.165, 1.54) is 5.06 Å². The largest absolute Gasteiger partial charge is 0.466 e. The Hall–Kier alpha value is -2.34. The van der Waals surface area contributed by atoms with Crippen LogP contribution in [0.5, 0.6) is 0 Å². The maximum Gasteiger partial charge on any atom is 0.309 e. The van der Waals surface area contributed by atoms with E-state index in [0.717, 1.165) is 10.9 Å². The van der Waals surface area contributed by atoms with Crippen LogP contribution in [-0.4, -0.2) is 34.2 Å². The van der Waals surface area contributed by atoms with E-state index in [-0.39, 0.29) is 24.4 Å². The number of hydrogen-bond donors (Lipinski definition) is 0. The highest BCUT2D eigenvalue weighted by Gasteiger charge is 2.41. The first kappa shape index (κ1) is 15.6. The van der Waals surface area contributed by atoms with Crippen LogP contribution >= 0.6 is 0 Å². The molecule has 0 fully saturated rings. The van der Waals surface area contributed by atoms with Gasteiger partial charge in [-0.15, -0.1) is 0 Å². The normalized spacial score (nSPS) is 17.1. The van der Waals surface area contributed by atoms with E-state index in [4.69, 9.17) is 9.57 Å². The standard InChI is InChI=1S/C17H20N2O4/c1-4-22-16(20)10-15-18-13-8-6-5-7-12(13)9-14(18)17(21)19(15)23-11(2)3/h5-9,11,15H,4,10H2,1-3H3. The number of hydrogen-bond acceptors (Lipinski definition) is 4. The molecule has 2 heterocycles. The number of fused-ring (bicyclic) bond motifs is 3. The molecule has 1 aliphatic rings. The fraction of sp³-hybridized carbons (Fsp3) is 0.412. The summed E-state index contributed by atoms with van der Waals surface area (Å²) >= 11 is 0. The highest BCUT2D eigenvalue weighted by molar-refractivity contribution is 6.00. The summed E-state index contributed by atoms with van der Waals surface area (Å²) in [6.07, 6.45) is -0.642. The molecule has 3 rings (SSSR count). The van der Waals surface area contributed by atoms with Gasteiger partial charge in [0.15, 0.2) is 0 Å². The smallest absolute Gasteiger partial charge is 0.309 e. The van der Waals surface area contributed by atoms with E-state index >= 15 is 0 Å². The number of carbonyl (C=O) groups is 2. The van der Waals surface area contributed by atoms with E-state index in [0.29, 0.717) is 12.3 Å². The topological polar surface area (TPSA) is 60.8 Å². The molecule has 1 aliphatic heterocycles. The third-order valence-corrected chi connectivity index (χ3v) is 3.72. The van der Waals surface area contributed by atoms with Crippen molar-refractivity contribution in [2.75, 3.05) is 6.61 Å². The van der Waals surface area contributed by atoms with Crippen molar-refractivity contribution in [1.29, 1.82) is 0 Å². The number of amides is 1. The van der Waals surface area contributed by atoms with Crippen LogP contribution in [0, 0.1) is 0 Å². The van der Waals surface area contributed by atoms with Gasteiger partial charge >= 0.3 is 5.97 Å². The number of aromatic nitrogens is 1. The molecule has 122 valence electrons. The first-order valence-corrected chi connectivity index (χ1v) is 7.78. The first-order valence-electron chi connectivity index (χ1n) is 7.78. The Labute approximate surface area is 134 Å². The summed E-state index contributed by atoms with van der Waals surface area (Å²) in [5.41, 5.74) is 1.43. The average Bonchev–Trinajstić information content (AvgIpc) is 2.99. The Kier molecular flexibility index (Phi) is 4.09. The van der Waals surface area contributed by atoms with Gasteiger partial charge in [0.1, 0.15) is 11.9 Å². The quantitative estimate of drug-likeness (QED) is 0.796. The Morgan fingerprint density at radius 2 is 2.04 bits per heavy atom. The minimum Gasteiger partial charge on any atom is -0.466 e. The number of esters is 1. The van der Waals surface area contributed by atoms with E-state index in [1.807, 2.05) is 48.7 Å².